The van der Waals surface area contributed by atoms with Crippen LogP contribution in [0.15, 0.2) is 0 Å². The predicted molar refractivity (Wildman–Crippen MR) is 38.7 cm³/mol. The first-order valence-corrected chi connectivity index (χ1v) is 3.64. The van der Waals surface area contributed by atoms with Gasteiger partial charge in [-0.2, -0.15) is 0 Å². The van der Waals surface area contributed by atoms with Gasteiger partial charge >= 0.3 is 0 Å². The van der Waals surface area contributed by atoms with Crippen LogP contribution in [-0.4, -0.2) is 0 Å². The van der Waals surface area contributed by atoms with Crippen LogP contribution in [0.2, 0.25) is 0 Å². The number of unbranched alkanes of at least 4 members (excludes halogenated alkanes) is 1. The molecule has 0 bridgehead atoms. The minimum absolute atomic E-state index is 0. The average molecular weight is 257 g/mol. The summed E-state index contributed by atoms with van der Waals surface area (Å²) < 4.78 is 0. The van der Waals surface area contributed by atoms with E-state index >= 15 is 0 Å². The van der Waals surface area contributed by atoms with E-state index in [1.54, 1.807) is 0 Å². The Hall–Kier alpha value is 1.35. The molecule has 0 aliphatic heterocycles. The van der Waals surface area contributed by atoms with Crippen LogP contribution in [0.4, 0.5) is 0 Å². The summed E-state index contributed by atoms with van der Waals surface area (Å²) in [5.41, 5.74) is 0. The first-order chi connectivity index (χ1) is 3.81. The Labute approximate surface area is 92.3 Å². The monoisotopic (exact) mass is 255 g/mol. The van der Waals surface area contributed by atoms with Crippen LogP contribution in [0, 0.1) is 53.7 Å². The van der Waals surface area contributed by atoms with Crippen molar-refractivity contribution < 1.29 is 40.8 Å². The van der Waals surface area contributed by atoms with Gasteiger partial charge in [-0.25, -0.2) is 0 Å². The number of hydrogen-bond acceptors (Lipinski definition) is 0. The predicted octanol–water partition coefficient (Wildman–Crippen LogP) is 3.04. The Kier molecular flexibility index (Phi) is 13.5. The summed E-state index contributed by atoms with van der Waals surface area (Å²) in [6, 6.07) is 0. The van der Waals surface area contributed by atoms with Gasteiger partial charge in [-0.15, -0.1) is 0 Å². The summed E-state index contributed by atoms with van der Waals surface area (Å²) in [5, 5.41) is 0. The molecule has 0 aromatic heterocycles. The summed E-state index contributed by atoms with van der Waals surface area (Å²) >= 11 is 0. The molecule has 0 spiro atoms. The van der Waals surface area contributed by atoms with Crippen LogP contribution in [0.3, 0.4) is 0 Å². The Balaban J connectivity index is 0. The van der Waals surface area contributed by atoms with Gasteiger partial charge in [-0.3, -0.25) is 0 Å². The van der Waals surface area contributed by atoms with Gasteiger partial charge in [0.2, 0.25) is 0 Å². The Morgan fingerprint density at radius 2 is 1.89 bits per heavy atom. The van der Waals surface area contributed by atoms with Gasteiger partial charge in [0.1, 0.15) is 0 Å². The molecule has 0 rings (SSSR count). The van der Waals surface area contributed by atoms with Crippen LogP contribution in [0.1, 0.15) is 39.5 Å². The first-order valence-electron chi connectivity index (χ1n) is 3.64. The molecular formula is C8H17Nd. The van der Waals surface area contributed by atoms with E-state index < -0.39 is 0 Å². The molecule has 0 nitrogen and oxygen atoms in total. The SMILES string of the molecule is [CH2]C(CC)CCCC.[Nd]. The Morgan fingerprint density at radius 1 is 1.33 bits per heavy atom. The first kappa shape index (κ1) is 13.0. The molecule has 0 saturated carbocycles. The molecule has 0 aliphatic rings. The van der Waals surface area contributed by atoms with Crippen molar-refractivity contribution >= 4 is 0 Å². The minimum atomic E-state index is 0. The molecule has 0 amide bonds. The summed E-state index contributed by atoms with van der Waals surface area (Å²) in [5.74, 6) is 0.704. The van der Waals surface area contributed by atoms with Crippen molar-refractivity contribution in [3.05, 3.63) is 6.92 Å². The van der Waals surface area contributed by atoms with Crippen molar-refractivity contribution in [2.75, 3.05) is 0 Å². The quantitative estimate of drug-likeness (QED) is 0.726. The van der Waals surface area contributed by atoms with E-state index in [0.717, 1.165) is 0 Å². The number of hydrogen-bond donors (Lipinski definition) is 0. The molecule has 1 radical (unpaired) electrons. The summed E-state index contributed by atoms with van der Waals surface area (Å²) in [4.78, 5) is 0. The molecule has 0 aromatic carbocycles. The maximum absolute atomic E-state index is 3.99. The third-order valence-electron chi connectivity index (χ3n) is 1.54. The molecule has 0 N–H and O–H groups in total. The maximum atomic E-state index is 3.99. The van der Waals surface area contributed by atoms with Crippen molar-refractivity contribution in [3.8, 4) is 0 Å². The zero-order valence-electron chi connectivity index (χ0n) is 6.61. The molecular weight excluding hydrogens is 240 g/mol. The normalized spacial score (nSPS) is 12.3. The Bertz CT molecular complexity index is 43.8. The molecule has 53 valence electrons. The summed E-state index contributed by atoms with van der Waals surface area (Å²) in [7, 11) is 0. The average Bonchev–Trinajstić information content (AvgIpc) is 1.83. The molecule has 0 heterocycles. The summed E-state index contributed by atoms with van der Waals surface area (Å²) in [6.07, 6.45) is 5.21. The van der Waals surface area contributed by atoms with Crippen molar-refractivity contribution in [1.82, 2.24) is 0 Å². The molecule has 1 heteroatoms. The zero-order valence-corrected chi connectivity index (χ0v) is 9.82. The van der Waals surface area contributed by atoms with E-state index in [-0.39, 0.29) is 40.8 Å². The fraction of sp³-hybridized carbons (Fsp3) is 0.875. The van der Waals surface area contributed by atoms with Crippen LogP contribution >= 0.6 is 0 Å². The van der Waals surface area contributed by atoms with Gasteiger partial charge in [-0.05, 0) is 5.92 Å². The van der Waals surface area contributed by atoms with Crippen LogP contribution in [0.5, 0.6) is 0 Å². The maximum Gasteiger partial charge on any atom is 0 e. The Morgan fingerprint density at radius 3 is 2.22 bits per heavy atom. The van der Waals surface area contributed by atoms with E-state index in [1.807, 2.05) is 0 Å². The van der Waals surface area contributed by atoms with Gasteiger partial charge in [0.25, 0.3) is 0 Å². The molecule has 0 saturated heterocycles. The topological polar surface area (TPSA) is 0 Å². The largest absolute Gasteiger partial charge is 0.0654 e. The molecule has 0 aromatic rings. The van der Waals surface area contributed by atoms with Crippen molar-refractivity contribution in [2.24, 2.45) is 5.92 Å². The molecule has 0 fully saturated rings. The fourth-order valence-corrected chi connectivity index (χ4v) is 0.697. The standard InChI is InChI=1S/C8H17.Nd/c1-4-6-7-8(3)5-2;/h8H,3-7H2,1-2H3;. The van der Waals surface area contributed by atoms with E-state index in [2.05, 4.69) is 20.8 Å². The fourth-order valence-electron chi connectivity index (χ4n) is 0.697. The van der Waals surface area contributed by atoms with E-state index in [9.17, 15) is 0 Å². The summed E-state index contributed by atoms with van der Waals surface area (Å²) in [6.45, 7) is 8.42. The second-order valence-corrected chi connectivity index (χ2v) is 2.42. The smallest absolute Gasteiger partial charge is 0 e. The van der Waals surface area contributed by atoms with Crippen molar-refractivity contribution in [1.29, 1.82) is 0 Å². The van der Waals surface area contributed by atoms with E-state index in [0.29, 0.717) is 5.92 Å². The van der Waals surface area contributed by atoms with E-state index in [4.69, 9.17) is 0 Å². The third kappa shape index (κ3) is 9.35. The van der Waals surface area contributed by atoms with E-state index in [1.165, 1.54) is 25.7 Å². The van der Waals surface area contributed by atoms with Crippen LogP contribution < -0.4 is 0 Å². The molecule has 9 heavy (non-hydrogen) atoms. The van der Waals surface area contributed by atoms with Crippen LogP contribution in [0.25, 0.3) is 0 Å². The van der Waals surface area contributed by atoms with Crippen LogP contribution in [-0.2, 0) is 0 Å². The van der Waals surface area contributed by atoms with Gasteiger partial charge in [0, 0.05) is 40.8 Å². The molecule has 1 unspecified atom stereocenters. The molecule has 0 aliphatic carbocycles. The van der Waals surface area contributed by atoms with Gasteiger partial charge in [0.15, 0.2) is 0 Å². The van der Waals surface area contributed by atoms with Crippen molar-refractivity contribution in [3.63, 3.8) is 0 Å². The van der Waals surface area contributed by atoms with Gasteiger partial charge < -0.3 is 0 Å². The van der Waals surface area contributed by atoms with Gasteiger partial charge in [-0.1, -0.05) is 46.5 Å². The van der Waals surface area contributed by atoms with Gasteiger partial charge in [0.05, 0.1) is 0 Å². The van der Waals surface area contributed by atoms with Crippen molar-refractivity contribution in [2.45, 2.75) is 39.5 Å². The third-order valence-corrected chi connectivity index (χ3v) is 1.54. The number of rotatable bonds is 4. The minimum Gasteiger partial charge on any atom is -0.0654 e. The zero-order chi connectivity index (χ0) is 6.41. The molecule has 1 atom stereocenters. The second kappa shape index (κ2) is 9.35. The second-order valence-electron chi connectivity index (χ2n) is 2.42.